The van der Waals surface area contributed by atoms with Crippen LogP contribution in [0.5, 0.6) is 0 Å². The Kier molecular flexibility index (Phi) is 14.3. The Balaban J connectivity index is 0. The molecule has 0 unspecified atom stereocenters. The fourth-order valence-electron chi connectivity index (χ4n) is 0.354. The van der Waals surface area contributed by atoms with Crippen molar-refractivity contribution in [3.8, 4) is 0 Å². The molecule has 2 heteroatoms. The van der Waals surface area contributed by atoms with E-state index in [2.05, 4.69) is 13.8 Å². The topological polar surface area (TPSA) is 20.2 Å². The van der Waals surface area contributed by atoms with Gasteiger partial charge in [-0.25, -0.2) is 0 Å². The van der Waals surface area contributed by atoms with Gasteiger partial charge in [-0.15, -0.1) is 0 Å². The van der Waals surface area contributed by atoms with Crippen molar-refractivity contribution in [3.05, 3.63) is 0 Å². The van der Waals surface area contributed by atoms with Gasteiger partial charge in [-0.2, -0.15) is 0 Å². The van der Waals surface area contributed by atoms with Crippen LogP contribution in [0.2, 0.25) is 12.6 Å². The van der Waals surface area contributed by atoms with Gasteiger partial charge in [-0.1, -0.05) is 26.5 Å². The molecule has 0 aromatic heterocycles. The Bertz CT molecular complexity index is 33.1. The predicted octanol–water partition coefficient (Wildman–Crippen LogP) is 1.69. The number of aliphatic hydroxyl groups is 1. The molecule has 1 N–H and O–H groups in total. The molecular formula is C7H19BO. The second-order valence-electron chi connectivity index (χ2n) is 2.45. The second kappa shape index (κ2) is 10.9. The van der Waals surface area contributed by atoms with Crippen LogP contribution in [0.4, 0.5) is 0 Å². The van der Waals surface area contributed by atoms with Crippen LogP contribution in [-0.2, 0) is 0 Å². The molecule has 0 aliphatic carbocycles. The lowest BCUT2D eigenvalue weighted by Crippen LogP contribution is -1.85. The Morgan fingerprint density at radius 3 is 1.44 bits per heavy atom. The highest BCUT2D eigenvalue weighted by molar-refractivity contribution is 6.34. The van der Waals surface area contributed by atoms with Gasteiger partial charge in [0.1, 0.15) is 7.28 Å². The van der Waals surface area contributed by atoms with Crippen LogP contribution in [0.25, 0.3) is 0 Å². The van der Waals surface area contributed by atoms with Crippen molar-refractivity contribution < 1.29 is 5.11 Å². The molecule has 9 heavy (non-hydrogen) atoms. The molecule has 0 radical (unpaired) electrons. The zero-order valence-electron chi connectivity index (χ0n) is 7.15. The molecule has 0 fully saturated rings. The summed E-state index contributed by atoms with van der Waals surface area (Å²) in [6.07, 6.45) is 2.52. The number of hydrogen-bond acceptors (Lipinski definition) is 1. The molecule has 0 atom stereocenters. The van der Waals surface area contributed by atoms with Gasteiger partial charge >= 0.3 is 0 Å². The number of rotatable bonds is 2. The molecular weight excluding hydrogens is 111 g/mol. The quantitative estimate of drug-likeness (QED) is 0.564. The predicted molar refractivity (Wildman–Crippen MR) is 45.5 cm³/mol. The van der Waals surface area contributed by atoms with Crippen LogP contribution >= 0.6 is 0 Å². The average Bonchev–Trinajstić information content (AvgIpc) is 1.66. The van der Waals surface area contributed by atoms with Crippen molar-refractivity contribution >= 4 is 7.28 Å². The normalized spacial score (nSPS) is 8.22. The highest BCUT2D eigenvalue weighted by atomic mass is 16.3. The van der Waals surface area contributed by atoms with E-state index in [1.807, 2.05) is 0 Å². The van der Waals surface area contributed by atoms with Crippen LogP contribution < -0.4 is 0 Å². The summed E-state index contributed by atoms with van der Waals surface area (Å²) >= 11 is 0. The fraction of sp³-hybridized carbons (Fsp3) is 1.00. The van der Waals surface area contributed by atoms with E-state index in [4.69, 9.17) is 5.11 Å². The first-order valence-corrected chi connectivity index (χ1v) is 3.83. The molecule has 0 heterocycles. The Hall–Kier alpha value is 0.0249. The number of hydrogen-bond donors (Lipinski definition) is 1. The van der Waals surface area contributed by atoms with E-state index in [-0.39, 0.29) is 6.10 Å². The highest BCUT2D eigenvalue weighted by Crippen LogP contribution is 1.77. The van der Waals surface area contributed by atoms with Crippen molar-refractivity contribution in [2.75, 3.05) is 0 Å². The van der Waals surface area contributed by atoms with Gasteiger partial charge in [0, 0.05) is 6.10 Å². The summed E-state index contributed by atoms with van der Waals surface area (Å²) in [7, 11) is 1.39. The molecule has 56 valence electrons. The molecule has 0 amide bonds. The molecule has 0 aromatic carbocycles. The van der Waals surface area contributed by atoms with Gasteiger partial charge in [-0.05, 0) is 13.8 Å². The smallest absolute Gasteiger partial charge is 0.120 e. The van der Waals surface area contributed by atoms with Crippen LogP contribution in [0, 0.1) is 0 Å². The Morgan fingerprint density at radius 2 is 1.44 bits per heavy atom. The van der Waals surface area contributed by atoms with Gasteiger partial charge in [0.2, 0.25) is 0 Å². The standard InChI is InChI=1S/C4H11B.C3H8O/c1-3-5-4-2;1-3(2)4/h5H,3-4H2,1-2H3;3-4H,1-2H3. The maximum Gasteiger partial charge on any atom is 0.120 e. The lowest BCUT2D eigenvalue weighted by molar-refractivity contribution is 0.216. The van der Waals surface area contributed by atoms with Crippen molar-refractivity contribution in [1.29, 1.82) is 0 Å². The third-order valence-corrected chi connectivity index (χ3v) is 0.707. The lowest BCUT2D eigenvalue weighted by Gasteiger charge is -1.80. The van der Waals surface area contributed by atoms with Crippen LogP contribution in [-0.4, -0.2) is 18.5 Å². The lowest BCUT2D eigenvalue weighted by atomic mass is 9.73. The SMILES string of the molecule is CC(C)O.CCBCC. The van der Waals surface area contributed by atoms with Crippen molar-refractivity contribution in [2.24, 2.45) is 0 Å². The van der Waals surface area contributed by atoms with Gasteiger partial charge in [-0.3, -0.25) is 0 Å². The van der Waals surface area contributed by atoms with Crippen LogP contribution in [0.3, 0.4) is 0 Å². The number of aliphatic hydroxyl groups excluding tert-OH is 1. The molecule has 0 aromatic rings. The maximum absolute atomic E-state index is 8.06. The first-order valence-electron chi connectivity index (χ1n) is 3.83. The minimum atomic E-state index is -0.167. The minimum absolute atomic E-state index is 0.167. The molecule has 0 aliphatic rings. The third-order valence-electron chi connectivity index (χ3n) is 0.707. The summed E-state index contributed by atoms with van der Waals surface area (Å²) in [4.78, 5) is 0. The zero-order valence-corrected chi connectivity index (χ0v) is 7.15. The first-order chi connectivity index (χ1) is 4.15. The minimum Gasteiger partial charge on any atom is -0.394 e. The van der Waals surface area contributed by atoms with Crippen molar-refractivity contribution in [1.82, 2.24) is 0 Å². The van der Waals surface area contributed by atoms with Gasteiger partial charge in [0.15, 0.2) is 0 Å². The Morgan fingerprint density at radius 1 is 1.22 bits per heavy atom. The largest absolute Gasteiger partial charge is 0.394 e. The average molecular weight is 130 g/mol. The molecule has 0 saturated heterocycles. The maximum atomic E-state index is 8.06. The van der Waals surface area contributed by atoms with Crippen LogP contribution in [0.15, 0.2) is 0 Å². The summed E-state index contributed by atoms with van der Waals surface area (Å²) in [6.45, 7) is 7.87. The highest BCUT2D eigenvalue weighted by Gasteiger charge is 1.73. The molecule has 0 rings (SSSR count). The summed E-state index contributed by atoms with van der Waals surface area (Å²) in [5, 5.41) is 8.06. The molecule has 0 spiro atoms. The summed E-state index contributed by atoms with van der Waals surface area (Å²) in [5.41, 5.74) is 0. The van der Waals surface area contributed by atoms with Crippen molar-refractivity contribution in [2.45, 2.75) is 46.4 Å². The van der Waals surface area contributed by atoms with E-state index in [1.165, 1.54) is 19.9 Å². The first kappa shape index (κ1) is 11.8. The van der Waals surface area contributed by atoms with E-state index in [1.54, 1.807) is 13.8 Å². The molecule has 0 bridgehead atoms. The fourth-order valence-corrected chi connectivity index (χ4v) is 0.354. The monoisotopic (exact) mass is 130 g/mol. The van der Waals surface area contributed by atoms with Crippen molar-refractivity contribution in [3.63, 3.8) is 0 Å². The summed E-state index contributed by atoms with van der Waals surface area (Å²) in [5.74, 6) is 0. The van der Waals surface area contributed by atoms with E-state index in [0.717, 1.165) is 0 Å². The molecule has 0 saturated carbocycles. The van der Waals surface area contributed by atoms with E-state index < -0.39 is 0 Å². The zero-order chi connectivity index (χ0) is 7.70. The molecule has 1 nitrogen and oxygen atoms in total. The molecule has 0 aliphatic heterocycles. The van der Waals surface area contributed by atoms with E-state index >= 15 is 0 Å². The van der Waals surface area contributed by atoms with Gasteiger partial charge < -0.3 is 5.11 Å². The second-order valence-corrected chi connectivity index (χ2v) is 2.45. The van der Waals surface area contributed by atoms with E-state index in [0.29, 0.717) is 0 Å². The summed E-state index contributed by atoms with van der Waals surface area (Å²) < 4.78 is 0. The van der Waals surface area contributed by atoms with E-state index in [9.17, 15) is 0 Å². The third kappa shape index (κ3) is 71.0. The Labute approximate surface area is 59.7 Å². The summed E-state index contributed by atoms with van der Waals surface area (Å²) in [6, 6.07) is 0. The van der Waals surface area contributed by atoms with Crippen LogP contribution in [0.1, 0.15) is 27.7 Å². The van der Waals surface area contributed by atoms with Gasteiger partial charge in [0.25, 0.3) is 0 Å². The van der Waals surface area contributed by atoms with Gasteiger partial charge in [0.05, 0.1) is 0 Å².